The van der Waals surface area contributed by atoms with Gasteiger partial charge in [-0.05, 0) is 49.2 Å². The van der Waals surface area contributed by atoms with Crippen LogP contribution in [-0.2, 0) is 4.74 Å². The van der Waals surface area contributed by atoms with E-state index in [1.807, 2.05) is 12.1 Å². The van der Waals surface area contributed by atoms with Gasteiger partial charge in [-0.3, -0.25) is 14.7 Å². The molecule has 6 heteroatoms. The second-order valence-corrected chi connectivity index (χ2v) is 6.56. The predicted molar refractivity (Wildman–Crippen MR) is 103 cm³/mol. The van der Waals surface area contributed by atoms with Crippen molar-refractivity contribution in [3.63, 3.8) is 0 Å². The van der Waals surface area contributed by atoms with Crippen LogP contribution in [0.5, 0.6) is 0 Å². The largest absolute Gasteiger partial charge is 0.379 e. The molecule has 1 aliphatic heterocycles. The molecule has 0 spiro atoms. The molecule has 0 aliphatic carbocycles. The van der Waals surface area contributed by atoms with Gasteiger partial charge in [-0.25, -0.2) is 0 Å². The number of aryl methyl sites for hydroxylation is 2. The summed E-state index contributed by atoms with van der Waals surface area (Å²) in [5, 5.41) is 6.28. The first kappa shape index (κ1) is 18.4. The molecule has 0 radical (unpaired) electrons. The summed E-state index contributed by atoms with van der Waals surface area (Å²) >= 11 is 0. The fraction of sp³-hybridized carbons (Fsp3) is 0.400. The van der Waals surface area contributed by atoms with Crippen LogP contribution in [0.25, 0.3) is 0 Å². The lowest BCUT2D eigenvalue weighted by Gasteiger charge is -2.26. The number of aromatic nitrogens is 1. The molecular weight excluding hydrogens is 328 g/mol. The molecule has 2 aromatic rings. The molecule has 0 atom stereocenters. The van der Waals surface area contributed by atoms with Crippen molar-refractivity contribution >= 4 is 17.3 Å². The average molecular weight is 354 g/mol. The van der Waals surface area contributed by atoms with Crippen molar-refractivity contribution in [3.05, 3.63) is 53.3 Å². The third kappa shape index (κ3) is 5.03. The normalized spacial score (nSPS) is 14.8. The summed E-state index contributed by atoms with van der Waals surface area (Å²) in [5.41, 5.74) is 4.75. The monoisotopic (exact) mass is 354 g/mol. The molecule has 1 aromatic carbocycles. The molecule has 1 aromatic heterocycles. The van der Waals surface area contributed by atoms with E-state index in [-0.39, 0.29) is 5.91 Å². The highest BCUT2D eigenvalue weighted by atomic mass is 16.5. The highest BCUT2D eigenvalue weighted by Gasteiger charge is 2.12. The number of carbonyl (C=O) groups excluding carboxylic acids is 1. The Kier molecular flexibility index (Phi) is 6.20. The van der Waals surface area contributed by atoms with Crippen LogP contribution < -0.4 is 10.6 Å². The molecule has 26 heavy (non-hydrogen) atoms. The summed E-state index contributed by atoms with van der Waals surface area (Å²) < 4.78 is 5.33. The molecule has 1 fully saturated rings. The van der Waals surface area contributed by atoms with Crippen molar-refractivity contribution in [2.75, 3.05) is 44.7 Å². The molecular formula is C20H26N4O2. The quantitative estimate of drug-likeness (QED) is 0.834. The van der Waals surface area contributed by atoms with Crippen LogP contribution in [0.3, 0.4) is 0 Å². The molecule has 6 nitrogen and oxygen atoms in total. The van der Waals surface area contributed by atoms with Crippen molar-refractivity contribution in [3.8, 4) is 0 Å². The Morgan fingerprint density at radius 3 is 2.65 bits per heavy atom. The summed E-state index contributed by atoms with van der Waals surface area (Å²) in [6.07, 6.45) is 1.65. The van der Waals surface area contributed by atoms with E-state index in [1.165, 1.54) is 11.1 Å². The molecule has 0 saturated carbocycles. The lowest BCUT2D eigenvalue weighted by molar-refractivity contribution is 0.0383. The molecule has 0 unspecified atom stereocenters. The van der Waals surface area contributed by atoms with E-state index >= 15 is 0 Å². The summed E-state index contributed by atoms with van der Waals surface area (Å²) in [6.45, 7) is 8.98. The van der Waals surface area contributed by atoms with Crippen molar-refractivity contribution in [1.29, 1.82) is 0 Å². The van der Waals surface area contributed by atoms with E-state index in [9.17, 15) is 4.79 Å². The van der Waals surface area contributed by atoms with Crippen LogP contribution in [0.2, 0.25) is 0 Å². The first-order valence-electron chi connectivity index (χ1n) is 9.00. The van der Waals surface area contributed by atoms with Gasteiger partial charge < -0.3 is 15.4 Å². The summed E-state index contributed by atoms with van der Waals surface area (Å²) in [4.78, 5) is 18.8. The van der Waals surface area contributed by atoms with Crippen molar-refractivity contribution in [1.82, 2.24) is 15.2 Å². The summed E-state index contributed by atoms with van der Waals surface area (Å²) in [6, 6.07) is 9.85. The number of amides is 1. The smallest absolute Gasteiger partial charge is 0.269 e. The molecule has 1 amide bonds. The Hall–Kier alpha value is -2.44. The maximum Gasteiger partial charge on any atom is 0.269 e. The average Bonchev–Trinajstić information content (AvgIpc) is 2.66. The zero-order valence-electron chi connectivity index (χ0n) is 15.4. The second kappa shape index (κ2) is 8.78. The zero-order valence-corrected chi connectivity index (χ0v) is 15.4. The van der Waals surface area contributed by atoms with Gasteiger partial charge in [-0.1, -0.05) is 6.07 Å². The lowest BCUT2D eigenvalue weighted by Crippen LogP contribution is -2.41. The van der Waals surface area contributed by atoms with Gasteiger partial charge in [0.2, 0.25) is 0 Å². The van der Waals surface area contributed by atoms with Gasteiger partial charge in [-0.15, -0.1) is 0 Å². The number of rotatable bonds is 6. The van der Waals surface area contributed by atoms with Crippen LogP contribution >= 0.6 is 0 Å². The van der Waals surface area contributed by atoms with E-state index in [4.69, 9.17) is 4.74 Å². The minimum atomic E-state index is -0.151. The van der Waals surface area contributed by atoms with Gasteiger partial charge in [0.1, 0.15) is 5.69 Å². The number of morpholine rings is 1. The first-order valence-corrected chi connectivity index (χ1v) is 9.00. The van der Waals surface area contributed by atoms with Gasteiger partial charge in [0.15, 0.2) is 0 Å². The number of hydrogen-bond donors (Lipinski definition) is 2. The van der Waals surface area contributed by atoms with Crippen molar-refractivity contribution < 1.29 is 9.53 Å². The third-order valence-corrected chi connectivity index (χ3v) is 4.61. The number of hydrogen-bond acceptors (Lipinski definition) is 5. The lowest BCUT2D eigenvalue weighted by atomic mass is 10.1. The topological polar surface area (TPSA) is 66.5 Å². The molecule has 1 aliphatic rings. The van der Waals surface area contributed by atoms with E-state index in [0.717, 1.165) is 44.2 Å². The molecule has 3 rings (SSSR count). The maximum absolute atomic E-state index is 12.3. The molecule has 2 heterocycles. The van der Waals surface area contributed by atoms with E-state index in [1.54, 1.807) is 12.3 Å². The molecule has 0 bridgehead atoms. The second-order valence-electron chi connectivity index (χ2n) is 6.56. The van der Waals surface area contributed by atoms with E-state index in [0.29, 0.717) is 12.2 Å². The predicted octanol–water partition coefficient (Wildman–Crippen LogP) is 2.50. The molecule has 1 saturated heterocycles. The number of ether oxygens (including phenoxy) is 1. The number of carbonyl (C=O) groups is 1. The molecule has 2 N–H and O–H groups in total. The minimum absolute atomic E-state index is 0.151. The van der Waals surface area contributed by atoms with E-state index in [2.05, 4.69) is 46.5 Å². The number of anilines is 2. The van der Waals surface area contributed by atoms with E-state index < -0.39 is 0 Å². The van der Waals surface area contributed by atoms with Crippen LogP contribution in [0.4, 0.5) is 11.4 Å². The highest BCUT2D eigenvalue weighted by molar-refractivity contribution is 5.93. The SMILES string of the molecule is Cc1ccc(Nc2ccnc(C(=O)NCCN3CCOCC3)c2)cc1C. The van der Waals surface area contributed by atoms with Crippen molar-refractivity contribution in [2.24, 2.45) is 0 Å². The Labute approximate surface area is 154 Å². The van der Waals surface area contributed by atoms with Gasteiger partial charge in [-0.2, -0.15) is 0 Å². The van der Waals surface area contributed by atoms with Gasteiger partial charge in [0.25, 0.3) is 5.91 Å². The standard InChI is InChI=1S/C20H26N4O2/c1-15-3-4-17(13-16(15)2)23-18-5-6-21-19(14-18)20(25)22-7-8-24-9-11-26-12-10-24/h3-6,13-14H,7-12H2,1-2H3,(H,21,23)(H,22,25). The number of nitrogens with one attached hydrogen (secondary N) is 2. The van der Waals surface area contributed by atoms with Crippen LogP contribution in [0.15, 0.2) is 36.5 Å². The van der Waals surface area contributed by atoms with Gasteiger partial charge >= 0.3 is 0 Å². The highest BCUT2D eigenvalue weighted by Crippen LogP contribution is 2.19. The minimum Gasteiger partial charge on any atom is -0.379 e. The first-order chi connectivity index (χ1) is 12.6. The van der Waals surface area contributed by atoms with Crippen LogP contribution in [0.1, 0.15) is 21.6 Å². The van der Waals surface area contributed by atoms with Crippen LogP contribution in [-0.4, -0.2) is 55.2 Å². The number of nitrogens with zero attached hydrogens (tertiary/aromatic N) is 2. The fourth-order valence-corrected chi connectivity index (χ4v) is 2.86. The van der Waals surface area contributed by atoms with Gasteiger partial charge in [0.05, 0.1) is 13.2 Å². The Balaban J connectivity index is 1.55. The van der Waals surface area contributed by atoms with Crippen molar-refractivity contribution in [2.45, 2.75) is 13.8 Å². The summed E-state index contributed by atoms with van der Waals surface area (Å²) in [5.74, 6) is -0.151. The molecule has 138 valence electrons. The number of benzene rings is 1. The fourth-order valence-electron chi connectivity index (χ4n) is 2.86. The maximum atomic E-state index is 12.3. The Morgan fingerprint density at radius 2 is 1.88 bits per heavy atom. The Bertz CT molecular complexity index is 757. The Morgan fingerprint density at radius 1 is 1.12 bits per heavy atom. The van der Waals surface area contributed by atoms with Gasteiger partial charge in [0, 0.05) is 43.8 Å². The van der Waals surface area contributed by atoms with Crippen LogP contribution in [0, 0.1) is 13.8 Å². The third-order valence-electron chi connectivity index (χ3n) is 4.61. The zero-order chi connectivity index (χ0) is 18.4. The summed E-state index contributed by atoms with van der Waals surface area (Å²) in [7, 11) is 0. The number of pyridine rings is 1.